The molecule has 0 aliphatic heterocycles. The maximum atomic E-state index is 5.67. The van der Waals surface area contributed by atoms with Crippen molar-refractivity contribution in [1.82, 2.24) is 4.98 Å². The summed E-state index contributed by atoms with van der Waals surface area (Å²) in [6.45, 7) is 4.29. The average Bonchev–Trinajstić information content (AvgIpc) is 2.04. The standard InChI is InChI=1S/C8H10BrN3/c1-2-3-12-8-6(9)4-11-5-7(8)10/h2,4-5H,1,3,10H2,(H,11,12). The maximum absolute atomic E-state index is 5.67. The highest BCUT2D eigenvalue weighted by molar-refractivity contribution is 9.10. The lowest BCUT2D eigenvalue weighted by Gasteiger charge is -2.07. The van der Waals surface area contributed by atoms with Crippen LogP contribution < -0.4 is 11.1 Å². The predicted octanol–water partition coefficient (Wildman–Crippen LogP) is 2.02. The third-order valence-electron chi connectivity index (χ3n) is 1.35. The number of halogens is 1. The van der Waals surface area contributed by atoms with Gasteiger partial charge in [0.15, 0.2) is 0 Å². The van der Waals surface area contributed by atoms with Crippen LogP contribution in [-0.2, 0) is 0 Å². The zero-order valence-corrected chi connectivity index (χ0v) is 8.13. The largest absolute Gasteiger partial charge is 0.396 e. The molecule has 0 bridgehead atoms. The van der Waals surface area contributed by atoms with Gasteiger partial charge in [-0.25, -0.2) is 0 Å². The summed E-state index contributed by atoms with van der Waals surface area (Å²) in [5.41, 5.74) is 7.17. The molecular formula is C8H10BrN3. The fourth-order valence-electron chi connectivity index (χ4n) is 0.811. The molecule has 0 atom stereocenters. The van der Waals surface area contributed by atoms with E-state index in [0.29, 0.717) is 12.2 Å². The first kappa shape index (κ1) is 9.06. The van der Waals surface area contributed by atoms with Gasteiger partial charge in [0.2, 0.25) is 0 Å². The van der Waals surface area contributed by atoms with Gasteiger partial charge in [0.05, 0.1) is 22.0 Å². The Balaban J connectivity index is 2.88. The normalized spacial score (nSPS) is 9.42. The molecule has 1 aromatic rings. The Morgan fingerprint density at radius 1 is 1.67 bits per heavy atom. The van der Waals surface area contributed by atoms with Crippen LogP contribution in [0.1, 0.15) is 0 Å². The molecule has 0 saturated carbocycles. The molecule has 0 fully saturated rings. The van der Waals surface area contributed by atoms with Crippen molar-refractivity contribution in [2.45, 2.75) is 0 Å². The number of hydrogen-bond acceptors (Lipinski definition) is 3. The molecule has 12 heavy (non-hydrogen) atoms. The summed E-state index contributed by atoms with van der Waals surface area (Å²) in [6, 6.07) is 0. The van der Waals surface area contributed by atoms with Crippen molar-refractivity contribution < 1.29 is 0 Å². The van der Waals surface area contributed by atoms with Gasteiger partial charge in [-0.2, -0.15) is 0 Å². The molecule has 1 heterocycles. The number of nitrogen functional groups attached to an aromatic ring is 1. The van der Waals surface area contributed by atoms with E-state index in [1.54, 1.807) is 18.5 Å². The highest BCUT2D eigenvalue weighted by atomic mass is 79.9. The Morgan fingerprint density at radius 3 is 3.00 bits per heavy atom. The van der Waals surface area contributed by atoms with Gasteiger partial charge in [0.1, 0.15) is 0 Å². The van der Waals surface area contributed by atoms with Crippen LogP contribution in [0.5, 0.6) is 0 Å². The van der Waals surface area contributed by atoms with Gasteiger partial charge in [-0.15, -0.1) is 6.58 Å². The van der Waals surface area contributed by atoms with Crippen LogP contribution in [0.3, 0.4) is 0 Å². The van der Waals surface area contributed by atoms with Crippen molar-refractivity contribution in [1.29, 1.82) is 0 Å². The lowest BCUT2D eigenvalue weighted by atomic mass is 10.3. The third-order valence-corrected chi connectivity index (χ3v) is 1.95. The van der Waals surface area contributed by atoms with E-state index in [1.807, 2.05) is 0 Å². The Kier molecular flexibility index (Phi) is 3.10. The second-order valence-electron chi connectivity index (χ2n) is 2.26. The van der Waals surface area contributed by atoms with Crippen LogP contribution in [0.2, 0.25) is 0 Å². The number of pyridine rings is 1. The topological polar surface area (TPSA) is 50.9 Å². The Hall–Kier alpha value is -1.03. The Labute approximate surface area is 79.8 Å². The molecule has 0 saturated heterocycles. The zero-order chi connectivity index (χ0) is 8.97. The van der Waals surface area contributed by atoms with Gasteiger partial charge in [0.25, 0.3) is 0 Å². The monoisotopic (exact) mass is 227 g/mol. The summed E-state index contributed by atoms with van der Waals surface area (Å²) >= 11 is 3.34. The van der Waals surface area contributed by atoms with E-state index in [0.717, 1.165) is 10.2 Å². The number of nitrogens with zero attached hydrogens (tertiary/aromatic N) is 1. The van der Waals surface area contributed by atoms with Crippen LogP contribution >= 0.6 is 15.9 Å². The van der Waals surface area contributed by atoms with Gasteiger partial charge < -0.3 is 11.1 Å². The van der Waals surface area contributed by atoms with E-state index in [-0.39, 0.29) is 0 Å². The van der Waals surface area contributed by atoms with Gasteiger partial charge >= 0.3 is 0 Å². The third kappa shape index (κ3) is 1.98. The number of nitrogens with two attached hydrogens (primary N) is 1. The minimum atomic E-state index is 0.631. The van der Waals surface area contributed by atoms with E-state index >= 15 is 0 Å². The fraction of sp³-hybridized carbons (Fsp3) is 0.125. The van der Waals surface area contributed by atoms with Gasteiger partial charge in [-0.1, -0.05) is 6.08 Å². The molecule has 64 valence electrons. The summed E-state index contributed by atoms with van der Waals surface area (Å²) in [6.07, 6.45) is 5.07. The summed E-state index contributed by atoms with van der Waals surface area (Å²) in [7, 11) is 0. The minimum absolute atomic E-state index is 0.631. The lowest BCUT2D eigenvalue weighted by Crippen LogP contribution is -2.02. The smallest absolute Gasteiger partial charge is 0.0752 e. The first-order chi connectivity index (χ1) is 5.75. The summed E-state index contributed by atoms with van der Waals surface area (Å²) in [5, 5.41) is 3.10. The quantitative estimate of drug-likeness (QED) is 0.778. The molecule has 4 heteroatoms. The molecule has 0 aliphatic carbocycles. The second-order valence-corrected chi connectivity index (χ2v) is 3.11. The van der Waals surface area contributed by atoms with Crippen molar-refractivity contribution in [2.24, 2.45) is 0 Å². The number of nitrogens with one attached hydrogen (secondary N) is 1. The lowest BCUT2D eigenvalue weighted by molar-refractivity contribution is 1.27. The highest BCUT2D eigenvalue weighted by Gasteiger charge is 2.01. The SMILES string of the molecule is C=CCNc1c(N)cncc1Br. The molecule has 0 aromatic carbocycles. The first-order valence-corrected chi connectivity index (χ1v) is 4.28. The molecule has 3 N–H and O–H groups in total. The van der Waals surface area contributed by atoms with Gasteiger partial charge in [-0.05, 0) is 15.9 Å². The van der Waals surface area contributed by atoms with E-state index in [9.17, 15) is 0 Å². The molecule has 1 rings (SSSR count). The van der Waals surface area contributed by atoms with Gasteiger partial charge in [-0.3, -0.25) is 4.98 Å². The van der Waals surface area contributed by atoms with Crippen molar-refractivity contribution >= 4 is 27.3 Å². The summed E-state index contributed by atoms with van der Waals surface area (Å²) in [4.78, 5) is 3.91. The average molecular weight is 228 g/mol. The number of hydrogen-bond donors (Lipinski definition) is 2. The van der Waals surface area contributed by atoms with Crippen LogP contribution in [0.4, 0.5) is 11.4 Å². The predicted molar refractivity (Wildman–Crippen MR) is 55.0 cm³/mol. The van der Waals surface area contributed by atoms with Crippen molar-refractivity contribution in [3.05, 3.63) is 29.5 Å². The molecule has 0 amide bonds. The number of aromatic nitrogens is 1. The Morgan fingerprint density at radius 2 is 2.42 bits per heavy atom. The number of rotatable bonds is 3. The van der Waals surface area contributed by atoms with Crippen molar-refractivity contribution in [3.8, 4) is 0 Å². The molecule has 0 unspecified atom stereocenters. The molecular weight excluding hydrogens is 218 g/mol. The fourth-order valence-corrected chi connectivity index (χ4v) is 1.30. The highest BCUT2D eigenvalue weighted by Crippen LogP contribution is 2.26. The van der Waals surface area contributed by atoms with Crippen LogP contribution in [0.25, 0.3) is 0 Å². The maximum Gasteiger partial charge on any atom is 0.0752 e. The van der Waals surface area contributed by atoms with Crippen molar-refractivity contribution in [3.63, 3.8) is 0 Å². The first-order valence-electron chi connectivity index (χ1n) is 3.49. The van der Waals surface area contributed by atoms with Crippen molar-refractivity contribution in [2.75, 3.05) is 17.6 Å². The zero-order valence-electron chi connectivity index (χ0n) is 6.55. The van der Waals surface area contributed by atoms with E-state index in [4.69, 9.17) is 5.73 Å². The second kappa shape index (κ2) is 4.11. The Bertz CT molecular complexity index is 265. The van der Waals surface area contributed by atoms with Crippen LogP contribution in [0, 0.1) is 0 Å². The minimum Gasteiger partial charge on any atom is -0.396 e. The molecule has 0 radical (unpaired) electrons. The van der Waals surface area contributed by atoms with E-state index in [1.165, 1.54) is 0 Å². The molecule has 0 aliphatic rings. The van der Waals surface area contributed by atoms with Crippen LogP contribution in [-0.4, -0.2) is 11.5 Å². The summed E-state index contributed by atoms with van der Waals surface area (Å²) < 4.78 is 0.865. The number of anilines is 2. The summed E-state index contributed by atoms with van der Waals surface area (Å²) in [5.74, 6) is 0. The van der Waals surface area contributed by atoms with E-state index in [2.05, 4.69) is 32.8 Å². The molecule has 0 spiro atoms. The van der Waals surface area contributed by atoms with Gasteiger partial charge in [0, 0.05) is 12.7 Å². The molecule has 1 aromatic heterocycles. The van der Waals surface area contributed by atoms with E-state index < -0.39 is 0 Å². The van der Waals surface area contributed by atoms with Crippen LogP contribution in [0.15, 0.2) is 29.5 Å². The molecule has 3 nitrogen and oxygen atoms in total.